The van der Waals surface area contributed by atoms with E-state index >= 15 is 0 Å². The summed E-state index contributed by atoms with van der Waals surface area (Å²) < 4.78 is 2.74. The maximum Gasteiger partial charge on any atom is 0.254 e. The molecular formula is C21H23BrN6O. The van der Waals surface area contributed by atoms with Gasteiger partial charge < -0.3 is 9.80 Å². The Labute approximate surface area is 178 Å². The number of rotatable bonds is 3. The Hall–Kier alpha value is -2.74. The largest absolute Gasteiger partial charge is 0.352 e. The highest BCUT2D eigenvalue weighted by atomic mass is 79.9. The summed E-state index contributed by atoms with van der Waals surface area (Å²) in [4.78, 5) is 16.8. The minimum Gasteiger partial charge on any atom is -0.352 e. The Morgan fingerprint density at radius 3 is 2.24 bits per heavy atom. The van der Waals surface area contributed by atoms with Gasteiger partial charge in [-0.05, 0) is 56.7 Å². The summed E-state index contributed by atoms with van der Waals surface area (Å²) in [7, 11) is 0. The average Bonchev–Trinajstić information content (AvgIpc) is 3.01. The van der Waals surface area contributed by atoms with Gasteiger partial charge in [-0.25, -0.2) is 4.68 Å². The standard InChI is InChI=1S/C21H23BrN6O/c1-14-15(2)25-28(16(14)3)20-8-7-19(23-24-20)26-9-11-27(12-10-26)21(29)17-5-4-6-18(22)13-17/h4-8,13H,9-12H2,1-3H3. The van der Waals surface area contributed by atoms with Crippen molar-refractivity contribution in [3.05, 3.63) is 63.4 Å². The third-order valence-corrected chi connectivity index (χ3v) is 5.96. The molecule has 7 nitrogen and oxygen atoms in total. The van der Waals surface area contributed by atoms with E-state index in [1.54, 1.807) is 0 Å². The molecule has 1 amide bonds. The molecule has 0 atom stereocenters. The van der Waals surface area contributed by atoms with Crippen LogP contribution in [0.25, 0.3) is 5.82 Å². The van der Waals surface area contributed by atoms with Gasteiger partial charge in [-0.3, -0.25) is 4.79 Å². The molecule has 0 saturated carbocycles. The van der Waals surface area contributed by atoms with E-state index in [2.05, 4.69) is 43.0 Å². The molecule has 1 aliphatic heterocycles. The zero-order valence-corrected chi connectivity index (χ0v) is 18.3. The molecule has 0 spiro atoms. The van der Waals surface area contributed by atoms with Crippen LogP contribution in [0.5, 0.6) is 0 Å². The number of halogens is 1. The molecule has 1 saturated heterocycles. The molecule has 3 heterocycles. The number of piperazine rings is 1. The Bertz CT molecular complexity index is 1040. The van der Waals surface area contributed by atoms with Crippen LogP contribution in [-0.2, 0) is 0 Å². The molecule has 0 unspecified atom stereocenters. The molecule has 1 aliphatic rings. The van der Waals surface area contributed by atoms with Crippen molar-refractivity contribution in [1.29, 1.82) is 0 Å². The van der Waals surface area contributed by atoms with Crippen LogP contribution in [0.2, 0.25) is 0 Å². The van der Waals surface area contributed by atoms with Gasteiger partial charge in [0.2, 0.25) is 0 Å². The number of hydrogen-bond acceptors (Lipinski definition) is 5. The molecule has 0 radical (unpaired) electrons. The predicted octanol–water partition coefficient (Wildman–Crippen LogP) is 3.31. The molecule has 8 heteroatoms. The first-order valence-electron chi connectivity index (χ1n) is 9.61. The van der Waals surface area contributed by atoms with Gasteiger partial charge in [-0.1, -0.05) is 22.0 Å². The van der Waals surface area contributed by atoms with Crippen molar-refractivity contribution in [2.75, 3.05) is 31.1 Å². The fraction of sp³-hybridized carbons (Fsp3) is 0.333. The summed E-state index contributed by atoms with van der Waals surface area (Å²) in [5.74, 6) is 1.60. The van der Waals surface area contributed by atoms with E-state index < -0.39 is 0 Å². The first-order valence-corrected chi connectivity index (χ1v) is 10.4. The zero-order chi connectivity index (χ0) is 20.5. The van der Waals surface area contributed by atoms with Crippen molar-refractivity contribution in [2.45, 2.75) is 20.8 Å². The van der Waals surface area contributed by atoms with E-state index in [4.69, 9.17) is 0 Å². The second kappa shape index (κ2) is 7.94. The molecule has 1 fully saturated rings. The van der Waals surface area contributed by atoms with Crippen molar-refractivity contribution in [2.24, 2.45) is 0 Å². The third kappa shape index (κ3) is 3.89. The Kier molecular flexibility index (Phi) is 5.36. The molecule has 3 aromatic rings. The molecule has 0 bridgehead atoms. The van der Waals surface area contributed by atoms with Gasteiger partial charge in [-0.15, -0.1) is 10.2 Å². The number of aryl methyl sites for hydroxylation is 1. The SMILES string of the molecule is Cc1nn(-c2ccc(N3CCN(C(=O)c4cccc(Br)c4)CC3)nn2)c(C)c1C. The molecule has 29 heavy (non-hydrogen) atoms. The molecular weight excluding hydrogens is 432 g/mol. The van der Waals surface area contributed by atoms with Crippen molar-refractivity contribution in [3.63, 3.8) is 0 Å². The molecule has 2 aromatic heterocycles. The highest BCUT2D eigenvalue weighted by molar-refractivity contribution is 9.10. The van der Waals surface area contributed by atoms with Crippen LogP contribution in [0.4, 0.5) is 5.82 Å². The van der Waals surface area contributed by atoms with Gasteiger partial charge in [0.1, 0.15) is 0 Å². The molecule has 0 aliphatic carbocycles. The Morgan fingerprint density at radius 1 is 0.966 bits per heavy atom. The number of nitrogens with zero attached hydrogens (tertiary/aromatic N) is 6. The highest BCUT2D eigenvalue weighted by Gasteiger charge is 2.23. The van der Waals surface area contributed by atoms with E-state index in [-0.39, 0.29) is 5.91 Å². The lowest BCUT2D eigenvalue weighted by Gasteiger charge is -2.35. The van der Waals surface area contributed by atoms with Gasteiger partial charge in [0.15, 0.2) is 11.6 Å². The Morgan fingerprint density at radius 2 is 1.66 bits per heavy atom. The summed E-state index contributed by atoms with van der Waals surface area (Å²) in [5.41, 5.74) is 3.95. The fourth-order valence-electron chi connectivity index (χ4n) is 3.49. The number of carbonyl (C=O) groups excluding carboxylic acids is 1. The smallest absolute Gasteiger partial charge is 0.254 e. The van der Waals surface area contributed by atoms with Crippen molar-refractivity contribution < 1.29 is 4.79 Å². The predicted molar refractivity (Wildman–Crippen MR) is 116 cm³/mol. The number of hydrogen-bond donors (Lipinski definition) is 0. The van der Waals surface area contributed by atoms with Crippen LogP contribution in [0.15, 0.2) is 40.9 Å². The summed E-state index contributed by atoms with van der Waals surface area (Å²) in [6.07, 6.45) is 0. The van der Waals surface area contributed by atoms with E-state index in [0.717, 1.165) is 34.8 Å². The number of aromatic nitrogens is 4. The van der Waals surface area contributed by atoms with Crippen LogP contribution in [0.3, 0.4) is 0 Å². The zero-order valence-electron chi connectivity index (χ0n) is 16.8. The molecule has 4 rings (SSSR count). The van der Waals surface area contributed by atoms with Crippen molar-refractivity contribution in [1.82, 2.24) is 24.9 Å². The maximum atomic E-state index is 12.7. The quantitative estimate of drug-likeness (QED) is 0.607. The summed E-state index contributed by atoms with van der Waals surface area (Å²) >= 11 is 3.43. The number of amides is 1. The van der Waals surface area contributed by atoms with Gasteiger partial charge in [0, 0.05) is 41.9 Å². The summed E-state index contributed by atoms with van der Waals surface area (Å²) in [6.45, 7) is 8.86. The van der Waals surface area contributed by atoms with Crippen LogP contribution in [0, 0.1) is 20.8 Å². The minimum atomic E-state index is 0.0623. The second-order valence-electron chi connectivity index (χ2n) is 7.25. The maximum absolute atomic E-state index is 12.7. The number of carbonyl (C=O) groups is 1. The first-order chi connectivity index (χ1) is 13.9. The van der Waals surface area contributed by atoms with E-state index in [9.17, 15) is 4.79 Å². The first kappa shape index (κ1) is 19.6. The third-order valence-electron chi connectivity index (χ3n) is 5.47. The van der Waals surface area contributed by atoms with Gasteiger partial charge in [0.05, 0.1) is 5.69 Å². The summed E-state index contributed by atoms with van der Waals surface area (Å²) in [6, 6.07) is 11.4. The molecule has 0 N–H and O–H groups in total. The van der Waals surface area contributed by atoms with Gasteiger partial charge in [0.25, 0.3) is 5.91 Å². The average molecular weight is 455 g/mol. The Balaban J connectivity index is 1.42. The minimum absolute atomic E-state index is 0.0623. The molecule has 1 aromatic carbocycles. The van der Waals surface area contributed by atoms with Crippen LogP contribution in [-0.4, -0.2) is 57.0 Å². The van der Waals surface area contributed by atoms with E-state index in [1.807, 2.05) is 59.8 Å². The van der Waals surface area contributed by atoms with Gasteiger partial charge in [-0.2, -0.15) is 5.10 Å². The van der Waals surface area contributed by atoms with Gasteiger partial charge >= 0.3 is 0 Å². The topological polar surface area (TPSA) is 67.2 Å². The van der Waals surface area contributed by atoms with E-state index in [0.29, 0.717) is 24.5 Å². The number of anilines is 1. The lowest BCUT2D eigenvalue weighted by atomic mass is 10.2. The highest BCUT2D eigenvalue weighted by Crippen LogP contribution is 2.19. The lowest BCUT2D eigenvalue weighted by molar-refractivity contribution is 0.0746. The second-order valence-corrected chi connectivity index (χ2v) is 8.16. The van der Waals surface area contributed by atoms with E-state index in [1.165, 1.54) is 5.56 Å². The van der Waals surface area contributed by atoms with Crippen molar-refractivity contribution in [3.8, 4) is 5.82 Å². The monoisotopic (exact) mass is 454 g/mol. The lowest BCUT2D eigenvalue weighted by Crippen LogP contribution is -2.49. The van der Waals surface area contributed by atoms with Crippen LogP contribution < -0.4 is 4.90 Å². The normalized spacial score (nSPS) is 14.3. The summed E-state index contributed by atoms with van der Waals surface area (Å²) in [5, 5.41) is 13.3. The van der Waals surface area contributed by atoms with Crippen molar-refractivity contribution >= 4 is 27.7 Å². The van der Waals surface area contributed by atoms with Crippen LogP contribution in [0.1, 0.15) is 27.3 Å². The van der Waals surface area contributed by atoms with Crippen LogP contribution >= 0.6 is 15.9 Å². The number of benzene rings is 1. The molecule has 150 valence electrons. The fourth-order valence-corrected chi connectivity index (χ4v) is 3.89.